The van der Waals surface area contributed by atoms with E-state index in [9.17, 15) is 23.4 Å². The van der Waals surface area contributed by atoms with Crippen LogP contribution >= 0.6 is 27.5 Å². The highest BCUT2D eigenvalue weighted by atomic mass is 79.9. The topological polar surface area (TPSA) is 116 Å². The number of halogens is 2. The molecule has 2 aromatic rings. The number of aliphatic hydroxyl groups excluding tert-OH is 1. The molecule has 1 amide bonds. The van der Waals surface area contributed by atoms with Crippen molar-refractivity contribution in [2.45, 2.75) is 23.8 Å². The van der Waals surface area contributed by atoms with Crippen molar-refractivity contribution in [3.63, 3.8) is 0 Å². The van der Waals surface area contributed by atoms with Crippen LogP contribution in [0.15, 0.2) is 39.7 Å². The first-order valence-electron chi connectivity index (χ1n) is 8.98. The second-order valence-electron chi connectivity index (χ2n) is 6.73. The number of benzene rings is 2. The van der Waals surface area contributed by atoms with Crippen LogP contribution in [0.2, 0.25) is 5.02 Å². The average molecular weight is 520 g/mol. The van der Waals surface area contributed by atoms with Crippen molar-refractivity contribution in [2.75, 3.05) is 25.0 Å². The molecular formula is C19H20BrClN2O6S. The Bertz CT molecular complexity index is 1080. The minimum absolute atomic E-state index is 0.0646. The second-order valence-corrected chi connectivity index (χ2v) is 9.73. The van der Waals surface area contributed by atoms with Crippen LogP contribution in [0, 0.1) is 0 Å². The number of aromatic hydroxyl groups is 1. The van der Waals surface area contributed by atoms with Gasteiger partial charge in [0, 0.05) is 16.0 Å². The fourth-order valence-corrected chi connectivity index (χ4v) is 5.33. The SMILES string of the molecule is COc1ccc(Br)cc1S(=O)(=O)Nc1cc(Cl)cc(C(=O)N2CCC[C@@H]2CO)c1O. The largest absolute Gasteiger partial charge is 0.505 e. The van der Waals surface area contributed by atoms with Crippen molar-refractivity contribution < 1.29 is 28.2 Å². The van der Waals surface area contributed by atoms with Gasteiger partial charge in [-0.25, -0.2) is 8.42 Å². The predicted octanol–water partition coefficient (Wildman–Crippen LogP) is 3.21. The maximum Gasteiger partial charge on any atom is 0.265 e. The maximum absolute atomic E-state index is 12.9. The van der Waals surface area contributed by atoms with Crippen LogP contribution in [-0.4, -0.2) is 55.7 Å². The summed E-state index contributed by atoms with van der Waals surface area (Å²) in [6.45, 7) is 0.224. The smallest absolute Gasteiger partial charge is 0.265 e. The van der Waals surface area contributed by atoms with E-state index in [2.05, 4.69) is 20.7 Å². The van der Waals surface area contributed by atoms with Gasteiger partial charge >= 0.3 is 0 Å². The molecule has 0 radical (unpaired) electrons. The van der Waals surface area contributed by atoms with Gasteiger partial charge in [0.15, 0.2) is 5.75 Å². The summed E-state index contributed by atoms with van der Waals surface area (Å²) in [4.78, 5) is 14.2. The van der Waals surface area contributed by atoms with Crippen LogP contribution in [0.5, 0.6) is 11.5 Å². The van der Waals surface area contributed by atoms with Crippen molar-refractivity contribution in [3.8, 4) is 11.5 Å². The number of amides is 1. The Kier molecular flexibility index (Phi) is 6.81. The molecule has 2 aromatic carbocycles. The first kappa shape index (κ1) is 22.7. The third-order valence-corrected chi connectivity index (χ3v) is 6.91. The van der Waals surface area contributed by atoms with E-state index in [1.54, 1.807) is 6.07 Å². The molecular weight excluding hydrogens is 500 g/mol. The van der Waals surface area contributed by atoms with Crippen molar-refractivity contribution in [1.82, 2.24) is 4.90 Å². The van der Waals surface area contributed by atoms with Crippen molar-refractivity contribution in [2.24, 2.45) is 0 Å². The van der Waals surface area contributed by atoms with E-state index in [0.717, 1.165) is 6.42 Å². The minimum Gasteiger partial charge on any atom is -0.505 e. The highest BCUT2D eigenvalue weighted by Crippen LogP contribution is 2.36. The number of sulfonamides is 1. The maximum atomic E-state index is 12.9. The number of nitrogens with one attached hydrogen (secondary N) is 1. The number of ether oxygens (including phenoxy) is 1. The van der Waals surface area contributed by atoms with E-state index >= 15 is 0 Å². The normalized spacial score (nSPS) is 16.5. The Morgan fingerprint density at radius 1 is 1.37 bits per heavy atom. The zero-order valence-electron chi connectivity index (χ0n) is 15.9. The van der Waals surface area contributed by atoms with E-state index in [1.807, 2.05) is 0 Å². The number of rotatable bonds is 6. The summed E-state index contributed by atoms with van der Waals surface area (Å²) in [5, 5.41) is 20.2. The zero-order chi connectivity index (χ0) is 22.1. The molecule has 1 aliphatic heterocycles. The number of aliphatic hydroxyl groups is 1. The number of carbonyl (C=O) groups excluding carboxylic acids is 1. The first-order valence-corrected chi connectivity index (χ1v) is 11.6. The quantitative estimate of drug-likeness (QED) is 0.505. The molecule has 0 spiro atoms. The third kappa shape index (κ3) is 4.51. The molecule has 0 aromatic heterocycles. The van der Waals surface area contributed by atoms with Gasteiger partial charge in [-0.1, -0.05) is 27.5 Å². The molecule has 162 valence electrons. The molecule has 0 aliphatic carbocycles. The fraction of sp³-hybridized carbons (Fsp3) is 0.316. The van der Waals surface area contributed by atoms with Gasteiger partial charge in [0.1, 0.15) is 10.6 Å². The molecule has 30 heavy (non-hydrogen) atoms. The minimum atomic E-state index is -4.18. The molecule has 0 bridgehead atoms. The first-order chi connectivity index (χ1) is 14.2. The number of phenols is 1. The number of hydrogen-bond acceptors (Lipinski definition) is 6. The van der Waals surface area contributed by atoms with Gasteiger partial charge in [-0.05, 0) is 43.2 Å². The van der Waals surface area contributed by atoms with E-state index in [-0.39, 0.29) is 39.6 Å². The number of hydrogen-bond donors (Lipinski definition) is 3. The molecule has 0 unspecified atom stereocenters. The Morgan fingerprint density at radius 2 is 2.10 bits per heavy atom. The lowest BCUT2D eigenvalue weighted by Crippen LogP contribution is -2.37. The van der Waals surface area contributed by atoms with Crippen molar-refractivity contribution >= 4 is 49.1 Å². The summed E-state index contributed by atoms with van der Waals surface area (Å²) in [6.07, 6.45) is 1.37. The summed E-state index contributed by atoms with van der Waals surface area (Å²) >= 11 is 9.32. The number of methoxy groups -OCH3 is 1. The Balaban J connectivity index is 2.00. The van der Waals surface area contributed by atoms with Gasteiger partial charge in [0.05, 0.1) is 31.0 Å². The Labute approximate surface area is 187 Å². The molecule has 1 aliphatic rings. The molecule has 0 saturated carbocycles. The van der Waals surface area contributed by atoms with E-state index in [0.29, 0.717) is 17.4 Å². The van der Waals surface area contributed by atoms with Gasteiger partial charge in [-0.2, -0.15) is 0 Å². The van der Waals surface area contributed by atoms with Crippen LogP contribution in [0.4, 0.5) is 5.69 Å². The number of anilines is 1. The highest BCUT2D eigenvalue weighted by molar-refractivity contribution is 9.10. The lowest BCUT2D eigenvalue weighted by molar-refractivity contribution is 0.0674. The molecule has 1 saturated heterocycles. The molecule has 8 nitrogen and oxygen atoms in total. The molecule has 1 heterocycles. The van der Waals surface area contributed by atoms with E-state index in [4.69, 9.17) is 16.3 Å². The number of phenolic OH excluding ortho intramolecular Hbond substituents is 1. The molecule has 3 N–H and O–H groups in total. The summed E-state index contributed by atoms with van der Waals surface area (Å²) < 4.78 is 33.8. The predicted molar refractivity (Wildman–Crippen MR) is 116 cm³/mol. The van der Waals surface area contributed by atoms with Crippen LogP contribution in [0.25, 0.3) is 0 Å². The van der Waals surface area contributed by atoms with E-state index < -0.39 is 21.7 Å². The van der Waals surface area contributed by atoms with Gasteiger partial charge in [0.2, 0.25) is 0 Å². The van der Waals surface area contributed by atoms with Gasteiger partial charge in [0.25, 0.3) is 15.9 Å². The summed E-state index contributed by atoms with van der Waals surface area (Å²) in [5.41, 5.74) is -0.394. The monoisotopic (exact) mass is 518 g/mol. The fourth-order valence-electron chi connectivity index (χ4n) is 3.35. The molecule has 3 rings (SSSR count). The van der Waals surface area contributed by atoms with Crippen molar-refractivity contribution in [3.05, 3.63) is 45.4 Å². The zero-order valence-corrected chi connectivity index (χ0v) is 19.1. The van der Waals surface area contributed by atoms with Crippen molar-refractivity contribution in [1.29, 1.82) is 0 Å². The third-order valence-electron chi connectivity index (χ3n) is 4.81. The molecule has 1 fully saturated rings. The summed E-state index contributed by atoms with van der Waals surface area (Å²) in [5.74, 6) is -0.982. The van der Waals surface area contributed by atoms with Gasteiger partial charge < -0.3 is 19.8 Å². The Hall–Kier alpha value is -2.01. The average Bonchev–Trinajstić information content (AvgIpc) is 3.18. The lowest BCUT2D eigenvalue weighted by Gasteiger charge is -2.24. The van der Waals surface area contributed by atoms with E-state index in [1.165, 1.54) is 36.3 Å². The van der Waals surface area contributed by atoms with Crippen LogP contribution in [0.3, 0.4) is 0 Å². The number of nitrogens with zero attached hydrogens (tertiary/aromatic N) is 1. The van der Waals surface area contributed by atoms with Gasteiger partial charge in [-0.15, -0.1) is 0 Å². The van der Waals surface area contributed by atoms with Gasteiger partial charge in [-0.3, -0.25) is 9.52 Å². The standard InChI is InChI=1S/C19H20BrClN2O6S/c1-29-16-5-4-11(20)7-17(16)30(27,28)22-15-9-12(21)8-14(18(15)25)19(26)23-6-2-3-13(23)10-24/h4-5,7-9,13,22,24-25H,2-3,6,10H2,1H3/t13-/m1/s1. The number of likely N-dealkylation sites (tertiary alicyclic amines) is 1. The Morgan fingerprint density at radius 3 is 2.77 bits per heavy atom. The van der Waals surface area contributed by atoms with Crippen LogP contribution in [0.1, 0.15) is 23.2 Å². The molecule has 11 heteroatoms. The number of carbonyl (C=O) groups is 1. The molecule has 1 atom stereocenters. The lowest BCUT2D eigenvalue weighted by atomic mass is 10.1. The summed E-state index contributed by atoms with van der Waals surface area (Å²) in [6, 6.07) is 6.58. The summed E-state index contributed by atoms with van der Waals surface area (Å²) in [7, 11) is -2.85. The second kappa shape index (κ2) is 9.01. The van der Waals surface area contributed by atoms with Crippen LogP contribution < -0.4 is 9.46 Å². The highest BCUT2D eigenvalue weighted by Gasteiger charge is 2.31. The van der Waals surface area contributed by atoms with Crippen LogP contribution in [-0.2, 0) is 10.0 Å².